The van der Waals surface area contributed by atoms with Crippen molar-refractivity contribution in [3.63, 3.8) is 0 Å². The Labute approximate surface area is 99.7 Å². The minimum absolute atomic E-state index is 0.305. The van der Waals surface area contributed by atoms with Crippen LogP contribution in [0.1, 0.15) is 12.8 Å². The number of nitrogens with one attached hydrogen (secondary N) is 1. The molecule has 1 aromatic carbocycles. The third-order valence-electron chi connectivity index (χ3n) is 2.71. The van der Waals surface area contributed by atoms with E-state index in [1.54, 1.807) is 0 Å². The van der Waals surface area contributed by atoms with Gasteiger partial charge in [-0.3, -0.25) is 0 Å². The first kappa shape index (κ1) is 13.1. The first-order valence-electron chi connectivity index (χ1n) is 5.41. The molecule has 0 saturated carbocycles. The Bertz CT molecular complexity index is 430. The van der Waals surface area contributed by atoms with Crippen LogP contribution in [0, 0.1) is 29.1 Å². The summed E-state index contributed by atoms with van der Waals surface area (Å²) in [5.74, 6) is -11.2. The zero-order valence-electron chi connectivity index (χ0n) is 9.20. The number of hydrogen-bond donors (Lipinski definition) is 1. The Morgan fingerprint density at radius 1 is 0.889 bits per heavy atom. The van der Waals surface area contributed by atoms with Crippen LogP contribution < -0.4 is 10.1 Å². The minimum atomic E-state index is -2.18. The summed E-state index contributed by atoms with van der Waals surface area (Å²) in [4.78, 5) is 0. The highest BCUT2D eigenvalue weighted by molar-refractivity contribution is 5.30. The van der Waals surface area contributed by atoms with Crippen molar-refractivity contribution in [1.82, 2.24) is 5.32 Å². The van der Waals surface area contributed by atoms with Gasteiger partial charge in [-0.15, -0.1) is 0 Å². The molecule has 0 spiro atoms. The average Bonchev–Trinajstić information content (AvgIpc) is 2.40. The number of halogens is 5. The Kier molecular flexibility index (Phi) is 3.70. The Hall–Kier alpha value is -1.37. The first-order valence-corrected chi connectivity index (χ1v) is 5.41. The van der Waals surface area contributed by atoms with Gasteiger partial charge in [-0.25, -0.2) is 13.2 Å². The van der Waals surface area contributed by atoms with Gasteiger partial charge in [-0.2, -0.15) is 8.78 Å². The summed E-state index contributed by atoms with van der Waals surface area (Å²) in [5.41, 5.74) is 0. The standard InChI is InChI=1S/C11H10F5NO/c12-6-7(13)9(15)11(10(16)8(6)14)18-5-2-1-3-17-4-5/h5,17H,1-4H2/t5-/m0/s1. The number of ether oxygens (including phenoxy) is 1. The topological polar surface area (TPSA) is 21.3 Å². The Morgan fingerprint density at radius 3 is 1.94 bits per heavy atom. The predicted molar refractivity (Wildman–Crippen MR) is 52.8 cm³/mol. The van der Waals surface area contributed by atoms with E-state index in [1.165, 1.54) is 0 Å². The molecule has 0 aliphatic carbocycles. The second kappa shape index (κ2) is 5.09. The third-order valence-corrected chi connectivity index (χ3v) is 2.71. The van der Waals surface area contributed by atoms with Crippen LogP contribution in [-0.2, 0) is 0 Å². The summed E-state index contributed by atoms with van der Waals surface area (Å²) in [6.45, 7) is 1.04. The summed E-state index contributed by atoms with van der Waals surface area (Å²) in [5, 5.41) is 2.90. The molecule has 7 heteroatoms. The van der Waals surface area contributed by atoms with Crippen LogP contribution in [0.5, 0.6) is 5.75 Å². The van der Waals surface area contributed by atoms with Gasteiger partial charge in [0.25, 0.3) is 0 Å². The molecule has 1 aliphatic heterocycles. The molecular weight excluding hydrogens is 257 g/mol. The van der Waals surface area contributed by atoms with Crippen LogP contribution >= 0.6 is 0 Å². The van der Waals surface area contributed by atoms with Gasteiger partial charge in [-0.1, -0.05) is 0 Å². The van der Waals surface area contributed by atoms with E-state index in [1.807, 2.05) is 0 Å². The Balaban J connectivity index is 2.32. The van der Waals surface area contributed by atoms with E-state index in [4.69, 9.17) is 4.74 Å². The lowest BCUT2D eigenvalue weighted by molar-refractivity contribution is 0.148. The van der Waals surface area contributed by atoms with Gasteiger partial charge in [-0.05, 0) is 19.4 Å². The van der Waals surface area contributed by atoms with Crippen LogP contribution in [0.4, 0.5) is 22.0 Å². The molecule has 1 atom stereocenters. The molecule has 0 bridgehead atoms. The fraction of sp³-hybridized carbons (Fsp3) is 0.455. The van der Waals surface area contributed by atoms with Gasteiger partial charge in [0.05, 0.1) is 0 Å². The molecule has 1 saturated heterocycles. The normalized spacial score (nSPS) is 19.9. The van der Waals surface area contributed by atoms with Crippen LogP contribution in [-0.4, -0.2) is 19.2 Å². The maximum atomic E-state index is 13.3. The van der Waals surface area contributed by atoms with Gasteiger partial charge in [0, 0.05) is 6.54 Å². The smallest absolute Gasteiger partial charge is 0.207 e. The van der Waals surface area contributed by atoms with Crippen molar-refractivity contribution in [1.29, 1.82) is 0 Å². The van der Waals surface area contributed by atoms with Gasteiger partial charge < -0.3 is 10.1 Å². The summed E-state index contributed by atoms with van der Waals surface area (Å²) < 4.78 is 70.0. The Morgan fingerprint density at radius 2 is 1.44 bits per heavy atom. The van der Waals surface area contributed by atoms with Crippen LogP contribution in [0.3, 0.4) is 0 Å². The molecule has 0 radical (unpaired) electrons. The molecule has 100 valence electrons. The lowest BCUT2D eigenvalue weighted by atomic mass is 10.1. The molecule has 18 heavy (non-hydrogen) atoms. The minimum Gasteiger partial charge on any atom is -0.483 e. The number of hydrogen-bond acceptors (Lipinski definition) is 2. The van der Waals surface area contributed by atoms with E-state index in [-0.39, 0.29) is 0 Å². The molecule has 1 N–H and O–H groups in total. The summed E-state index contributed by atoms with van der Waals surface area (Å²) in [7, 11) is 0. The van der Waals surface area contributed by atoms with E-state index in [0.717, 1.165) is 6.54 Å². The fourth-order valence-corrected chi connectivity index (χ4v) is 1.78. The SMILES string of the molecule is Fc1c(F)c(F)c(O[C@H]2CCCNC2)c(F)c1F. The molecular formula is C11H10F5NO. The average molecular weight is 267 g/mol. The molecule has 2 rings (SSSR count). The lowest BCUT2D eigenvalue weighted by Gasteiger charge is -2.24. The molecule has 2 nitrogen and oxygen atoms in total. The van der Waals surface area contributed by atoms with E-state index in [2.05, 4.69) is 5.32 Å². The molecule has 1 fully saturated rings. The van der Waals surface area contributed by atoms with Crippen LogP contribution in [0.2, 0.25) is 0 Å². The third kappa shape index (κ3) is 2.27. The van der Waals surface area contributed by atoms with Crippen molar-refractivity contribution in [2.24, 2.45) is 0 Å². The molecule has 1 aromatic rings. The first-order chi connectivity index (χ1) is 8.52. The monoisotopic (exact) mass is 267 g/mol. The molecule has 0 amide bonds. The zero-order valence-corrected chi connectivity index (χ0v) is 9.20. The second-order valence-corrected chi connectivity index (χ2v) is 3.99. The summed E-state index contributed by atoms with van der Waals surface area (Å²) in [6, 6.07) is 0. The highest BCUT2D eigenvalue weighted by Gasteiger charge is 2.29. The van der Waals surface area contributed by atoms with Crippen LogP contribution in [0.25, 0.3) is 0 Å². The second-order valence-electron chi connectivity index (χ2n) is 3.99. The molecule has 0 unspecified atom stereocenters. The van der Waals surface area contributed by atoms with Crippen molar-refractivity contribution < 1.29 is 26.7 Å². The highest BCUT2D eigenvalue weighted by atomic mass is 19.2. The zero-order chi connectivity index (χ0) is 13.3. The highest BCUT2D eigenvalue weighted by Crippen LogP contribution is 2.30. The van der Waals surface area contributed by atoms with Gasteiger partial charge >= 0.3 is 0 Å². The van der Waals surface area contributed by atoms with Gasteiger partial charge in [0.15, 0.2) is 5.75 Å². The van der Waals surface area contributed by atoms with Crippen molar-refractivity contribution in [3.8, 4) is 5.75 Å². The largest absolute Gasteiger partial charge is 0.483 e. The predicted octanol–water partition coefficient (Wildman–Crippen LogP) is 2.51. The van der Waals surface area contributed by atoms with Crippen molar-refractivity contribution in [2.45, 2.75) is 18.9 Å². The van der Waals surface area contributed by atoms with Crippen molar-refractivity contribution in [2.75, 3.05) is 13.1 Å². The number of benzene rings is 1. The fourth-order valence-electron chi connectivity index (χ4n) is 1.78. The van der Waals surface area contributed by atoms with Gasteiger partial charge in [0.2, 0.25) is 29.1 Å². The molecule has 1 aliphatic rings. The summed E-state index contributed by atoms with van der Waals surface area (Å²) >= 11 is 0. The summed E-state index contributed by atoms with van der Waals surface area (Å²) in [6.07, 6.45) is 0.596. The van der Waals surface area contributed by atoms with E-state index in [0.29, 0.717) is 19.4 Å². The van der Waals surface area contributed by atoms with Crippen molar-refractivity contribution >= 4 is 0 Å². The lowest BCUT2D eigenvalue weighted by Crippen LogP contribution is -2.37. The van der Waals surface area contributed by atoms with Crippen LogP contribution in [0.15, 0.2) is 0 Å². The quantitative estimate of drug-likeness (QED) is 0.505. The maximum absolute atomic E-state index is 13.3. The van der Waals surface area contributed by atoms with Crippen molar-refractivity contribution in [3.05, 3.63) is 29.1 Å². The number of piperidine rings is 1. The van der Waals surface area contributed by atoms with E-state index >= 15 is 0 Å². The van der Waals surface area contributed by atoms with E-state index in [9.17, 15) is 22.0 Å². The maximum Gasteiger partial charge on any atom is 0.207 e. The number of rotatable bonds is 2. The van der Waals surface area contributed by atoms with E-state index < -0.39 is 40.9 Å². The van der Waals surface area contributed by atoms with Gasteiger partial charge in [0.1, 0.15) is 6.10 Å². The molecule has 0 aromatic heterocycles. The molecule has 1 heterocycles.